The maximum absolute atomic E-state index is 10.8. The summed E-state index contributed by atoms with van der Waals surface area (Å²) in [5.74, 6) is -0.330. The molecular weight excluding hydrogens is 296 g/mol. The Labute approximate surface area is 127 Å². The van der Waals surface area contributed by atoms with Crippen molar-refractivity contribution >= 4 is 40.4 Å². The summed E-state index contributed by atoms with van der Waals surface area (Å²) in [7, 11) is 0. The molecular formula is C14H17ClN2O2S. The van der Waals surface area contributed by atoms with Gasteiger partial charge in [0.15, 0.2) is 5.16 Å². The molecule has 2 aromatic rings. The Morgan fingerprint density at radius 2 is 2.30 bits per heavy atom. The van der Waals surface area contributed by atoms with Crippen LogP contribution in [0.2, 0.25) is 5.02 Å². The number of imidazole rings is 1. The summed E-state index contributed by atoms with van der Waals surface area (Å²) in [6.07, 6.45) is 1.06. The average molecular weight is 313 g/mol. The average Bonchev–Trinajstić information content (AvgIpc) is 2.74. The van der Waals surface area contributed by atoms with Crippen molar-refractivity contribution in [2.45, 2.75) is 32.0 Å². The van der Waals surface area contributed by atoms with E-state index in [0.717, 1.165) is 29.2 Å². The van der Waals surface area contributed by atoms with Gasteiger partial charge >= 0.3 is 5.97 Å². The van der Waals surface area contributed by atoms with Crippen LogP contribution in [0.1, 0.15) is 20.3 Å². The number of aromatic nitrogens is 2. The van der Waals surface area contributed by atoms with Crippen molar-refractivity contribution in [3.05, 3.63) is 23.2 Å². The molecule has 1 unspecified atom stereocenters. The van der Waals surface area contributed by atoms with Gasteiger partial charge in [-0.2, -0.15) is 0 Å². The molecule has 1 aromatic heterocycles. The third kappa shape index (κ3) is 3.46. The summed E-state index contributed by atoms with van der Waals surface area (Å²) < 4.78 is 2.07. The molecule has 108 valence electrons. The lowest BCUT2D eigenvalue weighted by Gasteiger charge is -2.13. The first kappa shape index (κ1) is 15.2. The van der Waals surface area contributed by atoms with Crippen LogP contribution in [0.15, 0.2) is 23.4 Å². The van der Waals surface area contributed by atoms with E-state index in [4.69, 9.17) is 16.7 Å². The number of carbonyl (C=O) groups is 1. The predicted octanol–water partition coefficient (Wildman–Crippen LogP) is 3.91. The first-order valence-corrected chi connectivity index (χ1v) is 7.88. The molecule has 1 atom stereocenters. The van der Waals surface area contributed by atoms with Gasteiger partial charge in [-0.3, -0.25) is 4.79 Å². The van der Waals surface area contributed by atoms with E-state index in [1.165, 1.54) is 11.8 Å². The number of rotatable bonds is 6. The highest BCUT2D eigenvalue weighted by Gasteiger charge is 2.14. The molecule has 0 fully saturated rings. The van der Waals surface area contributed by atoms with Gasteiger partial charge in [-0.05, 0) is 24.1 Å². The molecule has 6 heteroatoms. The first-order valence-electron chi connectivity index (χ1n) is 6.51. The fraction of sp³-hybridized carbons (Fsp3) is 0.429. The molecule has 0 radical (unpaired) electrons. The molecule has 1 heterocycles. The highest BCUT2D eigenvalue weighted by molar-refractivity contribution is 7.99. The van der Waals surface area contributed by atoms with Gasteiger partial charge in [-0.25, -0.2) is 4.98 Å². The zero-order valence-corrected chi connectivity index (χ0v) is 13.0. The van der Waals surface area contributed by atoms with Crippen molar-refractivity contribution < 1.29 is 9.90 Å². The molecule has 0 spiro atoms. The number of halogens is 1. The van der Waals surface area contributed by atoms with E-state index in [0.29, 0.717) is 10.9 Å². The quantitative estimate of drug-likeness (QED) is 0.822. The minimum absolute atomic E-state index is 0.0115. The number of carboxylic acid groups (broad SMARTS) is 1. The Hall–Kier alpha value is -1.20. The van der Waals surface area contributed by atoms with Gasteiger partial charge < -0.3 is 9.67 Å². The number of hydrogen-bond acceptors (Lipinski definition) is 3. The lowest BCUT2D eigenvalue weighted by molar-refractivity contribution is -0.133. The minimum Gasteiger partial charge on any atom is -0.481 e. The van der Waals surface area contributed by atoms with Crippen LogP contribution in [-0.4, -0.2) is 26.4 Å². The summed E-state index contributed by atoms with van der Waals surface area (Å²) in [6, 6.07) is 5.56. The van der Waals surface area contributed by atoms with Gasteiger partial charge in [0.1, 0.15) is 0 Å². The topological polar surface area (TPSA) is 55.1 Å². The normalized spacial score (nSPS) is 12.8. The van der Waals surface area contributed by atoms with Gasteiger partial charge in [-0.1, -0.05) is 43.6 Å². The summed E-state index contributed by atoms with van der Waals surface area (Å²) in [6.45, 7) is 5.12. The SMILES string of the molecule is CCC(C)Cn1c(SCC(=O)O)nc2ccc(Cl)cc21. The molecule has 1 aromatic carbocycles. The van der Waals surface area contributed by atoms with Gasteiger partial charge in [0.25, 0.3) is 0 Å². The molecule has 0 bridgehead atoms. The second kappa shape index (κ2) is 6.50. The van der Waals surface area contributed by atoms with E-state index in [9.17, 15) is 4.79 Å². The fourth-order valence-electron chi connectivity index (χ4n) is 1.93. The van der Waals surface area contributed by atoms with E-state index >= 15 is 0 Å². The molecule has 2 rings (SSSR count). The monoisotopic (exact) mass is 312 g/mol. The summed E-state index contributed by atoms with van der Waals surface area (Å²) in [5, 5.41) is 10.2. The number of nitrogens with zero attached hydrogens (tertiary/aromatic N) is 2. The second-order valence-electron chi connectivity index (χ2n) is 4.83. The molecule has 0 saturated heterocycles. The Balaban J connectivity index is 2.42. The van der Waals surface area contributed by atoms with E-state index in [1.54, 1.807) is 6.07 Å². The number of benzene rings is 1. The van der Waals surface area contributed by atoms with E-state index < -0.39 is 5.97 Å². The molecule has 20 heavy (non-hydrogen) atoms. The van der Waals surface area contributed by atoms with E-state index in [2.05, 4.69) is 23.4 Å². The highest BCUT2D eigenvalue weighted by Crippen LogP contribution is 2.27. The van der Waals surface area contributed by atoms with Crippen LogP contribution >= 0.6 is 23.4 Å². The number of carboxylic acids is 1. The van der Waals surface area contributed by atoms with Gasteiger partial charge in [0.2, 0.25) is 0 Å². The van der Waals surface area contributed by atoms with Gasteiger partial charge in [0.05, 0.1) is 16.8 Å². The lowest BCUT2D eigenvalue weighted by Crippen LogP contribution is -2.09. The molecule has 0 aliphatic heterocycles. The molecule has 0 amide bonds. The van der Waals surface area contributed by atoms with Crippen molar-refractivity contribution in [2.24, 2.45) is 5.92 Å². The number of hydrogen-bond donors (Lipinski definition) is 1. The van der Waals surface area contributed by atoms with Crippen LogP contribution in [0.4, 0.5) is 0 Å². The van der Waals surface area contributed by atoms with Crippen LogP contribution in [-0.2, 0) is 11.3 Å². The molecule has 0 saturated carbocycles. The third-order valence-corrected chi connectivity index (χ3v) is 4.39. The van der Waals surface area contributed by atoms with E-state index in [1.807, 2.05) is 12.1 Å². The third-order valence-electron chi connectivity index (χ3n) is 3.19. The van der Waals surface area contributed by atoms with Gasteiger partial charge in [0, 0.05) is 11.6 Å². The zero-order chi connectivity index (χ0) is 14.7. The Kier molecular flexibility index (Phi) is 4.94. The Morgan fingerprint density at radius 1 is 1.55 bits per heavy atom. The lowest BCUT2D eigenvalue weighted by atomic mass is 10.1. The summed E-state index contributed by atoms with van der Waals surface area (Å²) in [5.41, 5.74) is 1.82. The van der Waals surface area contributed by atoms with Crippen LogP contribution < -0.4 is 0 Å². The van der Waals surface area contributed by atoms with Crippen molar-refractivity contribution in [3.63, 3.8) is 0 Å². The molecule has 4 nitrogen and oxygen atoms in total. The number of aliphatic carboxylic acids is 1. The van der Waals surface area contributed by atoms with E-state index in [-0.39, 0.29) is 5.75 Å². The number of fused-ring (bicyclic) bond motifs is 1. The largest absolute Gasteiger partial charge is 0.481 e. The fourth-order valence-corrected chi connectivity index (χ4v) is 2.84. The minimum atomic E-state index is -0.838. The predicted molar refractivity (Wildman–Crippen MR) is 82.6 cm³/mol. The highest BCUT2D eigenvalue weighted by atomic mass is 35.5. The first-order chi connectivity index (χ1) is 9.51. The smallest absolute Gasteiger partial charge is 0.313 e. The van der Waals surface area contributed by atoms with Crippen molar-refractivity contribution in [2.75, 3.05) is 5.75 Å². The van der Waals surface area contributed by atoms with Crippen molar-refractivity contribution in [1.82, 2.24) is 9.55 Å². The van der Waals surface area contributed by atoms with Crippen LogP contribution in [0.5, 0.6) is 0 Å². The molecule has 0 aliphatic carbocycles. The Bertz CT molecular complexity index is 627. The maximum Gasteiger partial charge on any atom is 0.313 e. The summed E-state index contributed by atoms with van der Waals surface area (Å²) in [4.78, 5) is 15.3. The van der Waals surface area contributed by atoms with Crippen molar-refractivity contribution in [1.29, 1.82) is 0 Å². The Morgan fingerprint density at radius 3 is 2.95 bits per heavy atom. The maximum atomic E-state index is 10.8. The standard InChI is InChI=1S/C14H17ClN2O2S/c1-3-9(2)7-17-12-6-10(15)4-5-11(12)16-14(17)20-8-13(18)19/h4-6,9H,3,7-8H2,1-2H3,(H,18,19). The second-order valence-corrected chi connectivity index (χ2v) is 6.21. The van der Waals surface area contributed by atoms with Gasteiger partial charge in [-0.15, -0.1) is 0 Å². The van der Waals surface area contributed by atoms with Crippen molar-refractivity contribution in [3.8, 4) is 0 Å². The molecule has 1 N–H and O–H groups in total. The van der Waals surface area contributed by atoms with Crippen LogP contribution in [0, 0.1) is 5.92 Å². The zero-order valence-electron chi connectivity index (χ0n) is 11.5. The van der Waals surface area contributed by atoms with Crippen LogP contribution in [0.3, 0.4) is 0 Å². The van der Waals surface area contributed by atoms with Crippen LogP contribution in [0.25, 0.3) is 11.0 Å². The molecule has 0 aliphatic rings. The summed E-state index contributed by atoms with van der Waals surface area (Å²) >= 11 is 7.30. The number of thioether (sulfide) groups is 1.